The molecule has 0 aliphatic carbocycles. The molecular weight excluding hydrogens is 364 g/mol. The van der Waals surface area contributed by atoms with Crippen LogP contribution in [0.2, 0.25) is 5.02 Å². The molecule has 1 atom stereocenters. The number of amides is 1. The molecule has 1 unspecified atom stereocenters. The van der Waals surface area contributed by atoms with E-state index in [0.717, 1.165) is 11.1 Å². The van der Waals surface area contributed by atoms with Gasteiger partial charge in [0.2, 0.25) is 0 Å². The largest absolute Gasteiger partial charge is 0.494 e. The number of benzene rings is 1. The Balaban J connectivity index is 2.12. The fraction of sp³-hybridized carbons (Fsp3) is 0.250. The van der Waals surface area contributed by atoms with E-state index in [9.17, 15) is 10.1 Å². The van der Waals surface area contributed by atoms with E-state index in [1.165, 1.54) is 12.4 Å². The molecule has 1 aromatic heterocycles. The predicted octanol–water partition coefficient (Wildman–Crippen LogP) is 4.14. The number of pyridine rings is 1. The summed E-state index contributed by atoms with van der Waals surface area (Å²) in [5.41, 5.74) is 1.85. The molecule has 0 aliphatic rings. The highest BCUT2D eigenvalue weighted by Crippen LogP contribution is 2.26. The number of carbonyl (C=O) groups is 1. The van der Waals surface area contributed by atoms with Gasteiger partial charge in [-0.25, -0.2) is 4.98 Å². The standard InChI is InChI=1S/C20H21ClN4O2/c1-4-27-18-7-5-13(2)9-17(18)14(3)25-20(26)15(10-22)11-23-19-8-6-16(21)12-24-19/h5-9,11-12,14H,4H2,1-3H3,(H,23,24)(H,25,26)/b15-11-. The number of hydrogen-bond acceptors (Lipinski definition) is 5. The third kappa shape index (κ3) is 5.73. The molecule has 0 aliphatic heterocycles. The maximum absolute atomic E-state index is 12.5. The van der Waals surface area contributed by atoms with E-state index in [4.69, 9.17) is 16.3 Å². The van der Waals surface area contributed by atoms with Crippen LogP contribution in [0.25, 0.3) is 0 Å². The van der Waals surface area contributed by atoms with Gasteiger partial charge in [0.1, 0.15) is 23.2 Å². The first kappa shape index (κ1) is 20.3. The highest BCUT2D eigenvalue weighted by atomic mass is 35.5. The highest BCUT2D eigenvalue weighted by Gasteiger charge is 2.17. The Morgan fingerprint density at radius 3 is 2.81 bits per heavy atom. The quantitative estimate of drug-likeness (QED) is 0.553. The second-order valence-corrected chi connectivity index (χ2v) is 6.28. The number of aromatic nitrogens is 1. The lowest BCUT2D eigenvalue weighted by atomic mass is 10.0. The first-order valence-corrected chi connectivity index (χ1v) is 8.85. The van der Waals surface area contributed by atoms with Crippen molar-refractivity contribution in [2.45, 2.75) is 26.8 Å². The molecule has 2 rings (SSSR count). The Labute approximate surface area is 163 Å². The van der Waals surface area contributed by atoms with Crippen LogP contribution in [0.3, 0.4) is 0 Å². The molecule has 1 heterocycles. The van der Waals surface area contributed by atoms with E-state index in [1.54, 1.807) is 12.1 Å². The van der Waals surface area contributed by atoms with Gasteiger partial charge in [-0.15, -0.1) is 0 Å². The lowest BCUT2D eigenvalue weighted by molar-refractivity contribution is -0.117. The van der Waals surface area contributed by atoms with Gasteiger partial charge in [0, 0.05) is 18.0 Å². The van der Waals surface area contributed by atoms with Crippen molar-refractivity contribution >= 4 is 23.3 Å². The van der Waals surface area contributed by atoms with Gasteiger partial charge in [-0.05, 0) is 39.0 Å². The summed E-state index contributed by atoms with van der Waals surface area (Å²) in [4.78, 5) is 16.5. The first-order chi connectivity index (χ1) is 12.9. The van der Waals surface area contributed by atoms with Crippen molar-refractivity contribution < 1.29 is 9.53 Å². The van der Waals surface area contributed by atoms with Gasteiger partial charge in [-0.2, -0.15) is 5.26 Å². The van der Waals surface area contributed by atoms with Crippen LogP contribution in [-0.2, 0) is 4.79 Å². The molecule has 7 heteroatoms. The molecule has 0 fully saturated rings. The number of anilines is 1. The van der Waals surface area contributed by atoms with Crippen LogP contribution in [0.4, 0.5) is 5.82 Å². The summed E-state index contributed by atoms with van der Waals surface area (Å²) in [6, 6.07) is 10.7. The lowest BCUT2D eigenvalue weighted by Crippen LogP contribution is -2.28. The zero-order chi connectivity index (χ0) is 19.8. The van der Waals surface area contributed by atoms with Gasteiger partial charge in [-0.1, -0.05) is 29.3 Å². The summed E-state index contributed by atoms with van der Waals surface area (Å²) in [6.45, 7) is 6.24. The monoisotopic (exact) mass is 384 g/mol. The molecule has 140 valence electrons. The van der Waals surface area contributed by atoms with Gasteiger partial charge >= 0.3 is 0 Å². The van der Waals surface area contributed by atoms with Gasteiger partial charge in [-0.3, -0.25) is 4.79 Å². The summed E-state index contributed by atoms with van der Waals surface area (Å²) in [6.07, 6.45) is 2.79. The minimum absolute atomic E-state index is 0.0655. The Morgan fingerprint density at radius 2 is 2.19 bits per heavy atom. The third-order valence-electron chi connectivity index (χ3n) is 3.74. The fourth-order valence-electron chi connectivity index (χ4n) is 2.40. The number of nitriles is 1. The Hall–Kier alpha value is -3.04. The van der Waals surface area contributed by atoms with E-state index in [-0.39, 0.29) is 11.6 Å². The van der Waals surface area contributed by atoms with Crippen LogP contribution in [0.15, 0.2) is 48.3 Å². The summed E-state index contributed by atoms with van der Waals surface area (Å²) in [5, 5.41) is 15.4. The minimum atomic E-state index is -0.490. The van der Waals surface area contributed by atoms with Crippen molar-refractivity contribution in [2.24, 2.45) is 0 Å². The van der Waals surface area contributed by atoms with Crippen LogP contribution < -0.4 is 15.4 Å². The van der Waals surface area contributed by atoms with Crippen LogP contribution in [-0.4, -0.2) is 17.5 Å². The zero-order valence-corrected chi connectivity index (χ0v) is 16.2. The minimum Gasteiger partial charge on any atom is -0.494 e. The third-order valence-corrected chi connectivity index (χ3v) is 3.96. The average molecular weight is 385 g/mol. The molecule has 6 nitrogen and oxygen atoms in total. The summed E-state index contributed by atoms with van der Waals surface area (Å²) < 4.78 is 5.63. The topological polar surface area (TPSA) is 87.0 Å². The summed E-state index contributed by atoms with van der Waals surface area (Å²) >= 11 is 5.78. The molecule has 0 bridgehead atoms. The lowest BCUT2D eigenvalue weighted by Gasteiger charge is -2.18. The predicted molar refractivity (Wildman–Crippen MR) is 105 cm³/mol. The number of hydrogen-bond donors (Lipinski definition) is 2. The smallest absolute Gasteiger partial charge is 0.263 e. The molecule has 1 aromatic carbocycles. The number of halogens is 1. The fourth-order valence-corrected chi connectivity index (χ4v) is 2.51. The van der Waals surface area contributed by atoms with Crippen LogP contribution >= 0.6 is 11.6 Å². The second kappa shape index (κ2) is 9.60. The molecule has 2 N–H and O–H groups in total. The Bertz CT molecular complexity index is 873. The van der Waals surface area contributed by atoms with Crippen molar-refractivity contribution in [3.63, 3.8) is 0 Å². The zero-order valence-electron chi connectivity index (χ0n) is 15.4. The van der Waals surface area contributed by atoms with E-state index < -0.39 is 5.91 Å². The second-order valence-electron chi connectivity index (χ2n) is 5.85. The Kier molecular flexibility index (Phi) is 7.21. The number of aryl methyl sites for hydroxylation is 1. The van der Waals surface area contributed by atoms with Gasteiger partial charge < -0.3 is 15.4 Å². The Morgan fingerprint density at radius 1 is 1.41 bits per heavy atom. The molecule has 0 saturated carbocycles. The SMILES string of the molecule is CCOc1ccc(C)cc1C(C)NC(=O)/C(C#N)=C\Nc1ccc(Cl)cn1. The maximum atomic E-state index is 12.5. The summed E-state index contributed by atoms with van der Waals surface area (Å²) in [5.74, 6) is 0.697. The molecule has 27 heavy (non-hydrogen) atoms. The van der Waals surface area contributed by atoms with Crippen molar-refractivity contribution in [3.8, 4) is 11.8 Å². The van der Waals surface area contributed by atoms with E-state index >= 15 is 0 Å². The molecule has 0 radical (unpaired) electrons. The average Bonchev–Trinajstić information content (AvgIpc) is 2.65. The van der Waals surface area contributed by atoms with Crippen LogP contribution in [0, 0.1) is 18.3 Å². The van der Waals surface area contributed by atoms with Crippen molar-refractivity contribution in [1.29, 1.82) is 5.26 Å². The van der Waals surface area contributed by atoms with E-state index in [1.807, 2.05) is 45.0 Å². The number of nitrogens with one attached hydrogen (secondary N) is 2. The van der Waals surface area contributed by atoms with Crippen molar-refractivity contribution in [1.82, 2.24) is 10.3 Å². The molecule has 0 saturated heterocycles. The van der Waals surface area contributed by atoms with E-state index in [2.05, 4.69) is 15.6 Å². The van der Waals surface area contributed by atoms with Gasteiger partial charge in [0.25, 0.3) is 5.91 Å². The van der Waals surface area contributed by atoms with Crippen molar-refractivity contribution in [2.75, 3.05) is 11.9 Å². The number of carbonyl (C=O) groups excluding carboxylic acids is 1. The molecular formula is C20H21ClN4O2. The number of nitrogens with zero attached hydrogens (tertiary/aromatic N) is 2. The summed E-state index contributed by atoms with van der Waals surface area (Å²) in [7, 11) is 0. The first-order valence-electron chi connectivity index (χ1n) is 8.47. The maximum Gasteiger partial charge on any atom is 0.263 e. The number of ether oxygens (including phenoxy) is 1. The van der Waals surface area contributed by atoms with Crippen molar-refractivity contribution in [3.05, 3.63) is 64.5 Å². The molecule has 0 spiro atoms. The molecule has 2 aromatic rings. The van der Waals surface area contributed by atoms with Crippen LogP contribution in [0.5, 0.6) is 5.75 Å². The van der Waals surface area contributed by atoms with Gasteiger partial charge in [0.15, 0.2) is 0 Å². The highest BCUT2D eigenvalue weighted by molar-refractivity contribution is 6.30. The molecule has 1 amide bonds. The number of rotatable bonds is 7. The van der Waals surface area contributed by atoms with Gasteiger partial charge in [0.05, 0.1) is 17.7 Å². The normalized spacial score (nSPS) is 12.0. The van der Waals surface area contributed by atoms with Crippen LogP contribution in [0.1, 0.15) is 31.0 Å². The van der Waals surface area contributed by atoms with E-state index in [0.29, 0.717) is 23.2 Å².